The van der Waals surface area contributed by atoms with Crippen molar-refractivity contribution in [3.8, 4) is 16.9 Å². The van der Waals surface area contributed by atoms with E-state index in [4.69, 9.17) is 16.2 Å². The Morgan fingerprint density at radius 3 is 2.77 bits per heavy atom. The van der Waals surface area contributed by atoms with Gasteiger partial charge in [0.2, 0.25) is 0 Å². The fraction of sp³-hybridized carbons (Fsp3) is 0.115. The number of rotatable bonds is 6. The molecule has 0 unspecified atom stereocenters. The number of fused-ring (bicyclic) bond motifs is 2. The van der Waals surface area contributed by atoms with Crippen molar-refractivity contribution >= 4 is 27.4 Å². The van der Waals surface area contributed by atoms with E-state index in [2.05, 4.69) is 40.3 Å². The highest BCUT2D eigenvalue weighted by Gasteiger charge is 2.11. The van der Waals surface area contributed by atoms with Crippen LogP contribution in [0.3, 0.4) is 0 Å². The van der Waals surface area contributed by atoms with Gasteiger partial charge in [0.05, 0.1) is 0 Å². The lowest BCUT2D eigenvalue weighted by Crippen LogP contribution is -2.30. The summed E-state index contributed by atoms with van der Waals surface area (Å²) in [5.41, 5.74) is 17.6. The summed E-state index contributed by atoms with van der Waals surface area (Å²) in [5.74, 6) is 0.721. The van der Waals surface area contributed by atoms with Crippen LogP contribution in [0.15, 0.2) is 85.3 Å². The van der Waals surface area contributed by atoms with Crippen LogP contribution in [0.1, 0.15) is 5.56 Å². The van der Waals surface area contributed by atoms with Gasteiger partial charge in [0.15, 0.2) is 0 Å². The number of pyridine rings is 1. The van der Waals surface area contributed by atoms with Crippen molar-refractivity contribution in [1.29, 1.82) is 0 Å². The molecule has 0 aliphatic heterocycles. The number of aromatic amines is 1. The zero-order valence-electron chi connectivity index (χ0n) is 17.1. The van der Waals surface area contributed by atoms with Gasteiger partial charge >= 0.3 is 0 Å². The topological polar surface area (TPSA) is 90.0 Å². The molecule has 0 aliphatic carbocycles. The Morgan fingerprint density at radius 2 is 1.84 bits per heavy atom. The summed E-state index contributed by atoms with van der Waals surface area (Å²) in [5, 5.41) is 3.45. The fourth-order valence-electron chi connectivity index (χ4n) is 3.98. The highest BCUT2D eigenvalue weighted by atomic mass is 16.5. The molecule has 5 heteroatoms. The van der Waals surface area contributed by atoms with Crippen LogP contribution in [0.4, 0.5) is 5.69 Å². The average molecular weight is 409 g/mol. The zero-order chi connectivity index (χ0) is 21.2. The Kier molecular flexibility index (Phi) is 5.02. The van der Waals surface area contributed by atoms with Crippen molar-refractivity contribution in [3.63, 3.8) is 0 Å². The first-order valence-electron chi connectivity index (χ1n) is 10.3. The second kappa shape index (κ2) is 8.13. The van der Waals surface area contributed by atoms with Crippen molar-refractivity contribution in [3.05, 3.63) is 90.9 Å². The first kappa shape index (κ1) is 19.2. The number of ether oxygens (including phenoxy) is 1. The molecule has 1 atom stereocenters. The minimum absolute atomic E-state index is 0.128. The normalized spacial score (nSPS) is 12.3. The van der Waals surface area contributed by atoms with Crippen molar-refractivity contribution in [2.24, 2.45) is 5.73 Å². The van der Waals surface area contributed by atoms with Crippen LogP contribution in [0.25, 0.3) is 32.8 Å². The van der Waals surface area contributed by atoms with Crippen molar-refractivity contribution in [2.75, 3.05) is 12.3 Å². The Labute approximate surface area is 180 Å². The number of nitrogens with two attached hydrogens (primary N) is 2. The number of para-hydroxylation sites is 1. The predicted octanol–water partition coefficient (Wildman–Crippen LogP) is 4.91. The van der Waals surface area contributed by atoms with Crippen LogP contribution in [-0.4, -0.2) is 22.6 Å². The van der Waals surface area contributed by atoms with E-state index < -0.39 is 0 Å². The number of nitrogen functional groups attached to an aromatic ring is 1. The van der Waals surface area contributed by atoms with Gasteiger partial charge in [-0.15, -0.1) is 0 Å². The molecular weight excluding hydrogens is 384 g/mol. The van der Waals surface area contributed by atoms with E-state index in [1.807, 2.05) is 48.8 Å². The monoisotopic (exact) mass is 408 g/mol. The third-order valence-corrected chi connectivity index (χ3v) is 5.52. The molecule has 31 heavy (non-hydrogen) atoms. The SMILES string of the molecule is Nc1cc(OC[C@@H](N)Cc2c[nH]c3ccccc23)cc(-c2ccc3cnccc3c2)c1. The Hall–Kier alpha value is -3.83. The average Bonchev–Trinajstić information content (AvgIpc) is 3.20. The van der Waals surface area contributed by atoms with Crippen molar-refractivity contribution < 1.29 is 4.74 Å². The molecule has 0 saturated carbocycles. The van der Waals surface area contributed by atoms with Crippen LogP contribution in [0.2, 0.25) is 0 Å². The number of anilines is 1. The van der Waals surface area contributed by atoms with Gasteiger partial charge in [-0.05, 0) is 58.8 Å². The van der Waals surface area contributed by atoms with Gasteiger partial charge in [-0.25, -0.2) is 0 Å². The molecule has 2 heterocycles. The van der Waals surface area contributed by atoms with E-state index in [0.717, 1.165) is 39.6 Å². The molecule has 154 valence electrons. The molecule has 0 bridgehead atoms. The lowest BCUT2D eigenvalue weighted by molar-refractivity contribution is 0.288. The number of hydrogen-bond acceptors (Lipinski definition) is 4. The van der Waals surface area contributed by atoms with Crippen LogP contribution >= 0.6 is 0 Å². The second-order valence-electron chi connectivity index (χ2n) is 7.86. The molecule has 5 N–H and O–H groups in total. The molecule has 0 radical (unpaired) electrons. The lowest BCUT2D eigenvalue weighted by Gasteiger charge is -2.15. The molecule has 0 spiro atoms. The number of hydrogen-bond donors (Lipinski definition) is 3. The number of H-pyrrole nitrogens is 1. The molecule has 0 fully saturated rings. The van der Waals surface area contributed by atoms with Gasteiger partial charge in [0, 0.05) is 52.7 Å². The summed E-state index contributed by atoms with van der Waals surface area (Å²) in [6.07, 6.45) is 6.42. The van der Waals surface area contributed by atoms with Crippen LogP contribution in [-0.2, 0) is 6.42 Å². The van der Waals surface area contributed by atoms with E-state index in [0.29, 0.717) is 12.3 Å². The smallest absolute Gasteiger partial charge is 0.122 e. The predicted molar refractivity (Wildman–Crippen MR) is 127 cm³/mol. The number of aromatic nitrogens is 2. The number of nitrogens with zero attached hydrogens (tertiary/aromatic N) is 1. The molecular formula is C26H24N4O. The molecule has 5 aromatic rings. The Bertz CT molecular complexity index is 1360. The van der Waals surface area contributed by atoms with Crippen molar-refractivity contribution in [2.45, 2.75) is 12.5 Å². The third kappa shape index (κ3) is 4.09. The van der Waals surface area contributed by atoms with Crippen molar-refractivity contribution in [1.82, 2.24) is 9.97 Å². The zero-order valence-corrected chi connectivity index (χ0v) is 17.1. The summed E-state index contributed by atoms with van der Waals surface area (Å²) in [7, 11) is 0. The van der Waals surface area contributed by atoms with Gasteiger partial charge in [0.25, 0.3) is 0 Å². The van der Waals surface area contributed by atoms with Crippen LogP contribution in [0, 0.1) is 0 Å². The first-order chi connectivity index (χ1) is 15.2. The maximum absolute atomic E-state index is 6.38. The van der Waals surface area contributed by atoms with Gasteiger partial charge in [0.1, 0.15) is 12.4 Å². The molecule has 5 nitrogen and oxygen atoms in total. The standard InChI is InChI=1S/C26H24N4O/c27-22-10-20(17-5-6-19-14-29-8-7-18(19)9-17)12-24(13-22)31-16-23(28)11-21-15-30-26-4-2-1-3-25(21)26/h1-10,12-15,23,30H,11,16,27-28H2/t23-/m0/s1. The quantitative estimate of drug-likeness (QED) is 0.348. The van der Waals surface area contributed by atoms with Gasteiger partial charge in [-0.1, -0.05) is 30.3 Å². The first-order valence-corrected chi connectivity index (χ1v) is 10.3. The highest BCUT2D eigenvalue weighted by molar-refractivity contribution is 5.87. The summed E-state index contributed by atoms with van der Waals surface area (Å²) in [6.45, 7) is 0.409. The third-order valence-electron chi connectivity index (χ3n) is 5.52. The largest absolute Gasteiger partial charge is 0.492 e. The molecule has 5 rings (SSSR count). The maximum atomic E-state index is 6.38. The summed E-state index contributed by atoms with van der Waals surface area (Å²) in [6, 6.07) is 22.2. The molecule has 3 aromatic carbocycles. The Balaban J connectivity index is 1.32. The summed E-state index contributed by atoms with van der Waals surface area (Å²) < 4.78 is 6.03. The number of benzene rings is 3. The molecule has 0 saturated heterocycles. The summed E-state index contributed by atoms with van der Waals surface area (Å²) >= 11 is 0. The fourth-order valence-corrected chi connectivity index (χ4v) is 3.98. The highest BCUT2D eigenvalue weighted by Crippen LogP contribution is 2.30. The minimum Gasteiger partial charge on any atom is -0.492 e. The minimum atomic E-state index is -0.128. The molecule has 0 amide bonds. The Morgan fingerprint density at radius 1 is 0.935 bits per heavy atom. The second-order valence-corrected chi connectivity index (χ2v) is 7.86. The summed E-state index contributed by atoms with van der Waals surface area (Å²) in [4.78, 5) is 7.47. The van der Waals surface area contributed by atoms with Gasteiger partial charge in [-0.3, -0.25) is 4.98 Å². The van der Waals surface area contributed by atoms with E-state index >= 15 is 0 Å². The lowest BCUT2D eigenvalue weighted by atomic mass is 10.0. The van der Waals surface area contributed by atoms with E-state index in [1.165, 1.54) is 10.9 Å². The maximum Gasteiger partial charge on any atom is 0.122 e. The van der Waals surface area contributed by atoms with E-state index in [-0.39, 0.29) is 6.04 Å². The van der Waals surface area contributed by atoms with Gasteiger partial charge in [-0.2, -0.15) is 0 Å². The van der Waals surface area contributed by atoms with E-state index in [9.17, 15) is 0 Å². The van der Waals surface area contributed by atoms with Gasteiger partial charge < -0.3 is 21.2 Å². The molecule has 0 aliphatic rings. The molecule has 2 aromatic heterocycles. The number of nitrogens with one attached hydrogen (secondary N) is 1. The van der Waals surface area contributed by atoms with Crippen LogP contribution < -0.4 is 16.2 Å². The van der Waals surface area contributed by atoms with Crippen LogP contribution in [0.5, 0.6) is 5.75 Å². The van der Waals surface area contributed by atoms with E-state index in [1.54, 1.807) is 6.20 Å².